The van der Waals surface area contributed by atoms with Crippen LogP contribution in [0.15, 0.2) is 12.2 Å². The second kappa shape index (κ2) is 5.31. The van der Waals surface area contributed by atoms with E-state index in [9.17, 15) is 9.59 Å². The number of rotatable bonds is 4. The zero-order valence-corrected chi connectivity index (χ0v) is 12.0. The number of aromatic amines is 1. The van der Waals surface area contributed by atoms with Gasteiger partial charge in [-0.1, -0.05) is 19.1 Å². The predicted octanol–water partition coefficient (Wildman–Crippen LogP) is 0.917. The largest absolute Gasteiger partial charge is 0.469 e. The minimum Gasteiger partial charge on any atom is -0.469 e. The minimum absolute atomic E-state index is 0.0867. The number of aromatic nitrogens is 3. The first-order valence-electron chi connectivity index (χ1n) is 7.12. The van der Waals surface area contributed by atoms with Crippen molar-refractivity contribution in [2.24, 2.45) is 23.7 Å². The van der Waals surface area contributed by atoms with E-state index < -0.39 is 11.8 Å². The number of aryl methyl sites for hydroxylation is 1. The SMILES string of the molecule is CCc1nc(NC(=O)[C@H]2[C@@H](C(=O)OC)[C@H]3C=C[C@@H]2C3)n[nH]1. The molecule has 21 heavy (non-hydrogen) atoms. The summed E-state index contributed by atoms with van der Waals surface area (Å²) in [4.78, 5) is 28.6. The van der Waals surface area contributed by atoms with Gasteiger partial charge in [0.1, 0.15) is 5.82 Å². The maximum absolute atomic E-state index is 12.5. The van der Waals surface area contributed by atoms with Crippen molar-refractivity contribution in [3.05, 3.63) is 18.0 Å². The molecule has 3 rings (SSSR count). The summed E-state index contributed by atoms with van der Waals surface area (Å²) >= 11 is 0. The summed E-state index contributed by atoms with van der Waals surface area (Å²) in [5.74, 6) is -0.208. The molecule has 1 aromatic rings. The summed E-state index contributed by atoms with van der Waals surface area (Å²) in [6.07, 6.45) is 5.57. The van der Waals surface area contributed by atoms with Crippen molar-refractivity contribution in [1.29, 1.82) is 0 Å². The lowest BCUT2D eigenvalue weighted by Crippen LogP contribution is -2.37. The zero-order chi connectivity index (χ0) is 15.0. The van der Waals surface area contributed by atoms with Gasteiger partial charge in [-0.2, -0.15) is 4.98 Å². The lowest BCUT2D eigenvalue weighted by atomic mass is 9.82. The van der Waals surface area contributed by atoms with Gasteiger partial charge >= 0.3 is 5.97 Å². The van der Waals surface area contributed by atoms with Gasteiger partial charge in [-0.25, -0.2) is 0 Å². The van der Waals surface area contributed by atoms with Crippen molar-refractivity contribution in [3.8, 4) is 0 Å². The van der Waals surface area contributed by atoms with Crippen molar-refractivity contribution in [3.63, 3.8) is 0 Å². The van der Waals surface area contributed by atoms with E-state index in [0.717, 1.165) is 6.42 Å². The molecule has 0 aliphatic heterocycles. The van der Waals surface area contributed by atoms with Crippen LogP contribution < -0.4 is 5.32 Å². The van der Waals surface area contributed by atoms with Crippen LogP contribution in [0.1, 0.15) is 19.2 Å². The highest BCUT2D eigenvalue weighted by Crippen LogP contribution is 2.48. The van der Waals surface area contributed by atoms with Crippen LogP contribution in [0.2, 0.25) is 0 Å². The van der Waals surface area contributed by atoms with Crippen LogP contribution in [0.3, 0.4) is 0 Å². The van der Waals surface area contributed by atoms with Crippen molar-refractivity contribution in [2.45, 2.75) is 19.8 Å². The number of amides is 1. The Bertz CT molecular complexity index is 595. The fourth-order valence-electron chi connectivity index (χ4n) is 3.34. The molecule has 1 amide bonds. The van der Waals surface area contributed by atoms with Crippen molar-refractivity contribution >= 4 is 17.8 Å². The van der Waals surface area contributed by atoms with Crippen LogP contribution in [-0.4, -0.2) is 34.2 Å². The molecule has 1 saturated carbocycles. The molecule has 1 fully saturated rings. The normalized spacial score (nSPS) is 29.6. The Morgan fingerprint density at radius 2 is 2.10 bits per heavy atom. The molecule has 2 bridgehead atoms. The summed E-state index contributed by atoms with van der Waals surface area (Å²) in [7, 11) is 1.36. The molecule has 0 aromatic carbocycles. The molecular weight excluding hydrogens is 272 g/mol. The Morgan fingerprint density at radius 3 is 2.71 bits per heavy atom. The Balaban J connectivity index is 1.76. The van der Waals surface area contributed by atoms with Crippen LogP contribution in [0.25, 0.3) is 0 Å². The number of nitrogens with zero attached hydrogens (tertiary/aromatic N) is 2. The predicted molar refractivity (Wildman–Crippen MR) is 74.1 cm³/mol. The highest BCUT2D eigenvalue weighted by atomic mass is 16.5. The number of hydrogen-bond acceptors (Lipinski definition) is 5. The number of allylic oxidation sites excluding steroid dienone is 2. The molecule has 2 aliphatic rings. The first kappa shape index (κ1) is 13.8. The van der Waals surface area contributed by atoms with Crippen molar-refractivity contribution in [2.75, 3.05) is 12.4 Å². The van der Waals surface area contributed by atoms with Gasteiger partial charge in [-0.15, -0.1) is 5.10 Å². The second-order valence-corrected chi connectivity index (χ2v) is 5.47. The van der Waals surface area contributed by atoms with Gasteiger partial charge in [0.05, 0.1) is 18.9 Å². The number of anilines is 1. The first-order valence-corrected chi connectivity index (χ1v) is 7.12. The summed E-state index contributed by atoms with van der Waals surface area (Å²) in [5.41, 5.74) is 0. The van der Waals surface area contributed by atoms with Gasteiger partial charge in [0.15, 0.2) is 0 Å². The fourth-order valence-corrected chi connectivity index (χ4v) is 3.34. The van der Waals surface area contributed by atoms with Crippen LogP contribution >= 0.6 is 0 Å². The molecule has 112 valence electrons. The topological polar surface area (TPSA) is 97.0 Å². The van der Waals surface area contributed by atoms with Crippen LogP contribution in [-0.2, 0) is 20.7 Å². The Labute approximate surface area is 122 Å². The number of H-pyrrole nitrogens is 1. The quantitative estimate of drug-likeness (QED) is 0.635. The Hall–Kier alpha value is -2.18. The molecule has 2 N–H and O–H groups in total. The average molecular weight is 290 g/mol. The molecule has 7 heteroatoms. The number of fused-ring (bicyclic) bond motifs is 2. The lowest BCUT2D eigenvalue weighted by molar-refractivity contribution is -0.150. The molecule has 2 aliphatic carbocycles. The van der Waals surface area contributed by atoms with Gasteiger partial charge in [-0.3, -0.25) is 20.0 Å². The number of hydrogen-bond donors (Lipinski definition) is 2. The van der Waals surface area contributed by atoms with E-state index in [4.69, 9.17) is 4.74 Å². The summed E-state index contributed by atoms with van der Waals surface area (Å²) in [6.45, 7) is 1.94. The van der Waals surface area contributed by atoms with E-state index in [1.165, 1.54) is 7.11 Å². The molecule has 1 aromatic heterocycles. The molecule has 0 saturated heterocycles. The smallest absolute Gasteiger partial charge is 0.310 e. The number of ether oxygens (including phenoxy) is 1. The third-order valence-electron chi connectivity index (χ3n) is 4.34. The van der Waals surface area contributed by atoms with Gasteiger partial charge in [0, 0.05) is 6.42 Å². The van der Waals surface area contributed by atoms with Crippen LogP contribution in [0.5, 0.6) is 0 Å². The third kappa shape index (κ3) is 2.32. The summed E-state index contributed by atoms with van der Waals surface area (Å²) < 4.78 is 4.85. The molecule has 7 nitrogen and oxygen atoms in total. The number of esters is 1. The maximum atomic E-state index is 12.5. The third-order valence-corrected chi connectivity index (χ3v) is 4.34. The summed E-state index contributed by atoms with van der Waals surface area (Å²) in [5, 5.41) is 9.40. The molecule has 0 spiro atoms. The van der Waals surface area contributed by atoms with Gasteiger partial charge in [0.2, 0.25) is 11.9 Å². The fraction of sp³-hybridized carbons (Fsp3) is 0.571. The maximum Gasteiger partial charge on any atom is 0.310 e. The second-order valence-electron chi connectivity index (χ2n) is 5.47. The standard InChI is InChI=1S/C14H18N4O3/c1-3-9-15-14(18-17-9)16-12(19)10-7-4-5-8(6-7)11(10)13(20)21-2/h4-5,7-8,10-11H,3,6H2,1-2H3,(H2,15,16,17,18,19)/t7-,8+,10-,11+/m1/s1. The monoisotopic (exact) mass is 290 g/mol. The van der Waals surface area contributed by atoms with E-state index in [1.807, 2.05) is 19.1 Å². The van der Waals surface area contributed by atoms with E-state index in [-0.39, 0.29) is 29.7 Å². The number of methoxy groups -OCH3 is 1. The molecular formula is C14H18N4O3. The minimum atomic E-state index is -0.408. The van der Waals surface area contributed by atoms with E-state index in [2.05, 4.69) is 20.5 Å². The highest BCUT2D eigenvalue weighted by Gasteiger charge is 2.52. The Morgan fingerprint density at radius 1 is 1.38 bits per heavy atom. The van der Waals surface area contributed by atoms with Gasteiger partial charge in [-0.05, 0) is 18.3 Å². The van der Waals surface area contributed by atoms with E-state index in [0.29, 0.717) is 12.2 Å². The van der Waals surface area contributed by atoms with Gasteiger partial charge < -0.3 is 4.74 Å². The molecule has 4 atom stereocenters. The number of carbonyl (C=O) groups is 2. The van der Waals surface area contributed by atoms with E-state index >= 15 is 0 Å². The average Bonchev–Trinajstić information content (AvgIpc) is 3.20. The first-order chi connectivity index (χ1) is 10.1. The van der Waals surface area contributed by atoms with Crippen molar-refractivity contribution < 1.29 is 14.3 Å². The van der Waals surface area contributed by atoms with Crippen molar-refractivity contribution in [1.82, 2.24) is 15.2 Å². The Kier molecular flexibility index (Phi) is 3.48. The van der Waals surface area contributed by atoms with Crippen LogP contribution in [0, 0.1) is 23.7 Å². The summed E-state index contributed by atoms with van der Waals surface area (Å²) in [6, 6.07) is 0. The van der Waals surface area contributed by atoms with E-state index in [1.54, 1.807) is 0 Å². The highest BCUT2D eigenvalue weighted by molar-refractivity contribution is 5.95. The van der Waals surface area contributed by atoms with Crippen LogP contribution in [0.4, 0.5) is 5.95 Å². The molecule has 0 unspecified atom stereocenters. The molecule has 1 heterocycles. The molecule has 0 radical (unpaired) electrons. The number of nitrogens with one attached hydrogen (secondary N) is 2. The van der Waals surface area contributed by atoms with Gasteiger partial charge in [0.25, 0.3) is 0 Å². The zero-order valence-electron chi connectivity index (χ0n) is 12.0. The number of carbonyl (C=O) groups excluding carboxylic acids is 2. The lowest BCUT2D eigenvalue weighted by Gasteiger charge is -2.24.